The monoisotopic (exact) mass is 306 g/mol. The molecule has 120 valence electrons. The lowest BCUT2D eigenvalue weighted by Gasteiger charge is -2.25. The van der Waals surface area contributed by atoms with Gasteiger partial charge in [0.25, 0.3) is 0 Å². The van der Waals surface area contributed by atoms with E-state index in [1.54, 1.807) is 12.1 Å². The summed E-state index contributed by atoms with van der Waals surface area (Å²) in [7, 11) is 4.55. The molecular weight excluding hydrogens is 284 g/mol. The Hall–Kier alpha value is -2.01. The number of methoxy groups -OCH3 is 3. The second-order valence-corrected chi connectivity index (χ2v) is 5.40. The fraction of sp³-hybridized carbons (Fsp3) is 0.471. The van der Waals surface area contributed by atoms with Crippen LogP contribution in [0.5, 0.6) is 17.2 Å². The molecular formula is C17H22O5. The van der Waals surface area contributed by atoms with Crippen LogP contribution in [0.1, 0.15) is 30.1 Å². The van der Waals surface area contributed by atoms with Crippen molar-refractivity contribution in [3.8, 4) is 17.2 Å². The Bertz CT molecular complexity index is 560. The SMILES string of the molecule is C=C(C(=O)c1cc(OC)c(OC)c(OC)c1)[C@@]1(C)CCCO1. The summed E-state index contributed by atoms with van der Waals surface area (Å²) in [5, 5.41) is 0. The van der Waals surface area contributed by atoms with Crippen LogP contribution in [0.15, 0.2) is 24.3 Å². The van der Waals surface area contributed by atoms with E-state index in [4.69, 9.17) is 18.9 Å². The van der Waals surface area contributed by atoms with Crippen molar-refractivity contribution in [3.05, 3.63) is 29.8 Å². The van der Waals surface area contributed by atoms with Gasteiger partial charge in [0.15, 0.2) is 17.3 Å². The van der Waals surface area contributed by atoms with Gasteiger partial charge >= 0.3 is 0 Å². The number of ether oxygens (including phenoxy) is 4. The van der Waals surface area contributed by atoms with Gasteiger partial charge in [0, 0.05) is 17.7 Å². The maximum Gasteiger partial charge on any atom is 0.203 e. The highest BCUT2D eigenvalue weighted by Gasteiger charge is 2.36. The third-order valence-electron chi connectivity index (χ3n) is 4.06. The van der Waals surface area contributed by atoms with E-state index in [-0.39, 0.29) is 5.78 Å². The normalized spacial score (nSPS) is 20.5. The summed E-state index contributed by atoms with van der Waals surface area (Å²) in [6.45, 7) is 6.50. The quantitative estimate of drug-likeness (QED) is 0.597. The summed E-state index contributed by atoms with van der Waals surface area (Å²) in [5.74, 6) is 1.16. The molecule has 0 N–H and O–H groups in total. The second-order valence-electron chi connectivity index (χ2n) is 5.40. The molecule has 1 atom stereocenters. The number of Topliss-reactive ketones (excluding diaryl/α,β-unsaturated/α-hetero) is 1. The zero-order valence-electron chi connectivity index (χ0n) is 13.5. The number of hydrogen-bond acceptors (Lipinski definition) is 5. The van der Waals surface area contributed by atoms with Crippen molar-refractivity contribution in [3.63, 3.8) is 0 Å². The number of ketones is 1. The predicted octanol–water partition coefficient (Wildman–Crippen LogP) is 3.02. The highest BCUT2D eigenvalue weighted by Crippen LogP contribution is 2.40. The molecule has 2 rings (SSSR count). The first kappa shape index (κ1) is 16.4. The lowest BCUT2D eigenvalue weighted by Crippen LogP contribution is -2.30. The number of carbonyl (C=O) groups is 1. The molecule has 1 heterocycles. The van der Waals surface area contributed by atoms with Gasteiger partial charge in [-0.2, -0.15) is 0 Å². The third-order valence-corrected chi connectivity index (χ3v) is 4.06. The van der Waals surface area contributed by atoms with Crippen molar-refractivity contribution < 1.29 is 23.7 Å². The first-order valence-corrected chi connectivity index (χ1v) is 7.15. The molecule has 1 aromatic rings. The van der Waals surface area contributed by atoms with Crippen LogP contribution in [-0.2, 0) is 4.74 Å². The van der Waals surface area contributed by atoms with Crippen molar-refractivity contribution in [2.75, 3.05) is 27.9 Å². The van der Waals surface area contributed by atoms with Gasteiger partial charge < -0.3 is 18.9 Å². The zero-order valence-corrected chi connectivity index (χ0v) is 13.5. The molecule has 0 saturated carbocycles. The second kappa shape index (κ2) is 6.40. The summed E-state index contributed by atoms with van der Waals surface area (Å²) >= 11 is 0. The van der Waals surface area contributed by atoms with E-state index < -0.39 is 5.60 Å². The van der Waals surface area contributed by atoms with E-state index in [2.05, 4.69) is 6.58 Å². The molecule has 5 heteroatoms. The van der Waals surface area contributed by atoms with Gasteiger partial charge in [-0.3, -0.25) is 4.79 Å². The topological polar surface area (TPSA) is 54.0 Å². The Morgan fingerprint density at radius 3 is 2.18 bits per heavy atom. The van der Waals surface area contributed by atoms with Gasteiger partial charge in [0.2, 0.25) is 5.75 Å². The van der Waals surface area contributed by atoms with E-state index in [0.29, 0.717) is 35.0 Å². The first-order chi connectivity index (χ1) is 10.5. The van der Waals surface area contributed by atoms with Crippen LogP contribution >= 0.6 is 0 Å². The van der Waals surface area contributed by atoms with E-state index in [1.165, 1.54) is 21.3 Å². The standard InChI is InChI=1S/C17H22O5/c1-11(17(2)7-6-8-22-17)15(18)12-9-13(19-3)16(21-5)14(10-12)20-4/h9-10H,1,6-8H2,2-5H3/t17-/m1/s1. The van der Waals surface area contributed by atoms with Crippen molar-refractivity contribution in [2.45, 2.75) is 25.4 Å². The Kier molecular flexibility index (Phi) is 4.76. The molecule has 1 aliphatic rings. The average Bonchev–Trinajstić information content (AvgIpc) is 2.99. The molecule has 0 amide bonds. The molecule has 1 saturated heterocycles. The minimum absolute atomic E-state index is 0.177. The van der Waals surface area contributed by atoms with Crippen LogP contribution in [0.2, 0.25) is 0 Å². The Morgan fingerprint density at radius 1 is 1.18 bits per heavy atom. The summed E-state index contributed by atoms with van der Waals surface area (Å²) < 4.78 is 21.5. The van der Waals surface area contributed by atoms with Crippen LogP contribution in [0.3, 0.4) is 0 Å². The molecule has 0 bridgehead atoms. The molecule has 5 nitrogen and oxygen atoms in total. The number of benzene rings is 1. The molecule has 0 unspecified atom stereocenters. The van der Waals surface area contributed by atoms with Gasteiger partial charge in [-0.05, 0) is 31.9 Å². The van der Waals surface area contributed by atoms with Crippen molar-refractivity contribution in [1.82, 2.24) is 0 Å². The summed E-state index contributed by atoms with van der Waals surface area (Å²) in [5.41, 5.74) is 0.285. The van der Waals surface area contributed by atoms with E-state index in [0.717, 1.165) is 12.8 Å². The predicted molar refractivity (Wildman–Crippen MR) is 83.2 cm³/mol. The van der Waals surface area contributed by atoms with E-state index in [1.807, 2.05) is 6.92 Å². The highest BCUT2D eigenvalue weighted by molar-refractivity contribution is 6.10. The number of rotatable bonds is 6. The minimum Gasteiger partial charge on any atom is -0.493 e. The average molecular weight is 306 g/mol. The molecule has 1 aliphatic heterocycles. The zero-order chi connectivity index (χ0) is 16.3. The molecule has 0 radical (unpaired) electrons. The van der Waals surface area contributed by atoms with Crippen LogP contribution in [0.25, 0.3) is 0 Å². The molecule has 1 aromatic carbocycles. The lowest BCUT2D eigenvalue weighted by molar-refractivity contribution is 0.0475. The Balaban J connectivity index is 2.39. The number of hydrogen-bond donors (Lipinski definition) is 0. The lowest BCUT2D eigenvalue weighted by atomic mass is 9.88. The van der Waals surface area contributed by atoms with Crippen molar-refractivity contribution in [1.29, 1.82) is 0 Å². The van der Waals surface area contributed by atoms with Crippen molar-refractivity contribution in [2.24, 2.45) is 0 Å². The number of carbonyl (C=O) groups excluding carboxylic acids is 1. The molecule has 0 aromatic heterocycles. The summed E-state index contributed by atoms with van der Waals surface area (Å²) in [6, 6.07) is 3.26. The van der Waals surface area contributed by atoms with Crippen LogP contribution in [0.4, 0.5) is 0 Å². The van der Waals surface area contributed by atoms with Crippen LogP contribution < -0.4 is 14.2 Å². The third kappa shape index (κ3) is 2.81. The fourth-order valence-electron chi connectivity index (χ4n) is 2.64. The Morgan fingerprint density at radius 2 is 1.77 bits per heavy atom. The minimum atomic E-state index is -0.600. The maximum absolute atomic E-state index is 12.7. The Labute approximate surface area is 130 Å². The molecule has 22 heavy (non-hydrogen) atoms. The van der Waals surface area contributed by atoms with E-state index in [9.17, 15) is 4.79 Å². The van der Waals surface area contributed by atoms with E-state index >= 15 is 0 Å². The highest BCUT2D eigenvalue weighted by atomic mass is 16.5. The molecule has 1 fully saturated rings. The van der Waals surface area contributed by atoms with Gasteiger partial charge in [-0.15, -0.1) is 0 Å². The van der Waals surface area contributed by atoms with Crippen LogP contribution in [-0.4, -0.2) is 39.3 Å². The fourth-order valence-corrected chi connectivity index (χ4v) is 2.64. The summed E-state index contributed by atoms with van der Waals surface area (Å²) in [4.78, 5) is 12.7. The maximum atomic E-state index is 12.7. The van der Waals surface area contributed by atoms with Gasteiger partial charge in [0.1, 0.15) is 0 Å². The van der Waals surface area contributed by atoms with Gasteiger partial charge in [0.05, 0.1) is 26.9 Å². The largest absolute Gasteiger partial charge is 0.493 e. The molecule has 0 aliphatic carbocycles. The first-order valence-electron chi connectivity index (χ1n) is 7.15. The van der Waals surface area contributed by atoms with Crippen molar-refractivity contribution >= 4 is 5.78 Å². The van der Waals surface area contributed by atoms with Crippen LogP contribution in [0, 0.1) is 0 Å². The van der Waals surface area contributed by atoms with Gasteiger partial charge in [-0.25, -0.2) is 0 Å². The smallest absolute Gasteiger partial charge is 0.203 e. The van der Waals surface area contributed by atoms with Gasteiger partial charge in [-0.1, -0.05) is 6.58 Å². The molecule has 0 spiro atoms. The summed E-state index contributed by atoms with van der Waals surface area (Å²) in [6.07, 6.45) is 1.72.